The molecule has 344 valence electrons. The fourth-order valence-corrected chi connectivity index (χ4v) is 10.2. The van der Waals surface area contributed by atoms with Gasteiger partial charge < -0.3 is 30.0 Å². The summed E-state index contributed by atoms with van der Waals surface area (Å²) in [5, 5.41) is 9.88. The minimum atomic E-state index is -0.492. The Morgan fingerprint density at radius 1 is 0.953 bits per heavy atom. The lowest BCUT2D eigenvalue weighted by Crippen LogP contribution is -2.55. The lowest BCUT2D eigenvalue weighted by atomic mass is 10.0. The number of nitrogens with one attached hydrogen (secondary N) is 3. The van der Waals surface area contributed by atoms with Crippen molar-refractivity contribution in [3.05, 3.63) is 77.6 Å². The quantitative estimate of drug-likeness (QED) is 0.0536. The first kappa shape index (κ1) is 48.3. The number of likely N-dealkylation sites (tertiary alicyclic amines) is 1. The molecule has 19 heteroatoms. The second-order valence-electron chi connectivity index (χ2n) is 17.1. The zero-order valence-electron chi connectivity index (χ0n) is 37.0. The van der Waals surface area contributed by atoms with Gasteiger partial charge in [0.2, 0.25) is 17.7 Å². The summed E-state index contributed by atoms with van der Waals surface area (Å²) in [5.74, 6) is -0.0223. The minimum Gasteiger partial charge on any atom is -0.463 e. The van der Waals surface area contributed by atoms with E-state index in [1.165, 1.54) is 13.0 Å². The zero-order valence-corrected chi connectivity index (χ0v) is 38.6. The average molecular weight is 919 g/mol. The Balaban J connectivity index is 0.809. The van der Waals surface area contributed by atoms with Crippen LogP contribution in [0.25, 0.3) is 0 Å². The summed E-state index contributed by atoms with van der Waals surface area (Å²) in [6.07, 6.45) is 10.7. The number of urea groups is 1. The van der Waals surface area contributed by atoms with E-state index >= 15 is 0 Å². The molecule has 1 saturated carbocycles. The van der Waals surface area contributed by atoms with Gasteiger partial charge in [-0.25, -0.2) is 24.6 Å². The molecule has 2 unspecified atom stereocenters. The standard InChI is InChI=1S/C45H59FN10O6S2/c1-30(57)7-6-21-62-43-48-28-34(29-49-43)31(2)52-53-40(58)25-45(3,4)64-63-22-13-41(59)55-19-17-54(18-20-55)36-11-15-56(16-12-36)44(61)50-27-33-9-10-35(23-39(33)46)51-42(60)38-24-37(38)32-8-5-14-47-26-32/h5,8-10,14,23,26,28-29,36-38H,6-7,11-13,15-22,24-25,27H2,1-4H3,(H,50,61)(H,51,60)(H,53,58)/b52-31+. The Kier molecular flexibility index (Phi) is 17.5. The first-order valence-corrected chi connectivity index (χ1v) is 24.2. The Morgan fingerprint density at radius 3 is 2.39 bits per heavy atom. The van der Waals surface area contributed by atoms with Gasteiger partial charge in [-0.05, 0) is 83.1 Å². The van der Waals surface area contributed by atoms with E-state index in [2.05, 4.69) is 41.0 Å². The lowest BCUT2D eigenvalue weighted by molar-refractivity contribution is -0.133. The van der Waals surface area contributed by atoms with Gasteiger partial charge in [-0.3, -0.25) is 24.3 Å². The van der Waals surface area contributed by atoms with Crippen molar-refractivity contribution in [1.29, 1.82) is 0 Å². The molecule has 3 aliphatic rings. The summed E-state index contributed by atoms with van der Waals surface area (Å²) in [7, 11) is 3.16. The van der Waals surface area contributed by atoms with E-state index in [0.717, 1.165) is 37.9 Å². The summed E-state index contributed by atoms with van der Waals surface area (Å²) in [5.41, 5.74) is 5.56. The maximum Gasteiger partial charge on any atom is 0.317 e. The molecular weight excluding hydrogens is 860 g/mol. The van der Waals surface area contributed by atoms with Crippen LogP contribution in [0.15, 0.2) is 60.2 Å². The first-order valence-electron chi connectivity index (χ1n) is 21.9. The SMILES string of the molecule is CC(=O)CCCOc1ncc(/C(C)=N/NC(=O)CC(C)(C)SSCCC(=O)N2CCN(C3CCN(C(=O)NCc4ccc(NC(=O)C5CC5c5cccnc5)cc4F)CC3)CC2)cn1. The molecule has 5 amide bonds. The van der Waals surface area contributed by atoms with Gasteiger partial charge in [-0.15, -0.1) is 0 Å². The number of benzene rings is 1. The van der Waals surface area contributed by atoms with E-state index in [1.807, 2.05) is 30.9 Å². The molecule has 0 bridgehead atoms. The molecule has 64 heavy (non-hydrogen) atoms. The number of carbonyl (C=O) groups excluding carboxylic acids is 5. The van der Waals surface area contributed by atoms with Gasteiger partial charge in [0.1, 0.15) is 11.6 Å². The summed E-state index contributed by atoms with van der Waals surface area (Å²) in [6.45, 7) is 11.7. The molecule has 3 N–H and O–H groups in total. The van der Waals surface area contributed by atoms with Gasteiger partial charge in [0.25, 0.3) is 0 Å². The van der Waals surface area contributed by atoms with Crippen LogP contribution in [0.3, 0.4) is 0 Å². The molecule has 4 heterocycles. The molecule has 2 saturated heterocycles. The summed E-state index contributed by atoms with van der Waals surface area (Å²) in [4.78, 5) is 81.2. The van der Waals surface area contributed by atoms with Crippen molar-refractivity contribution in [3.63, 3.8) is 0 Å². The van der Waals surface area contributed by atoms with E-state index in [-0.39, 0.29) is 65.1 Å². The van der Waals surface area contributed by atoms with Gasteiger partial charge in [0.15, 0.2) is 0 Å². The Bertz CT molecular complexity index is 2120. The van der Waals surface area contributed by atoms with Crippen molar-refractivity contribution in [2.24, 2.45) is 11.0 Å². The Labute approximate surface area is 382 Å². The number of rotatable bonds is 20. The number of anilines is 1. The van der Waals surface area contributed by atoms with E-state index in [0.29, 0.717) is 86.4 Å². The average Bonchev–Trinajstić information content (AvgIpc) is 4.10. The van der Waals surface area contributed by atoms with Crippen LogP contribution in [0, 0.1) is 11.7 Å². The van der Waals surface area contributed by atoms with E-state index in [9.17, 15) is 28.4 Å². The fraction of sp³-hybridized carbons (Fsp3) is 0.533. The van der Waals surface area contributed by atoms with Crippen molar-refractivity contribution in [3.8, 4) is 6.01 Å². The molecule has 2 aliphatic heterocycles. The number of nitrogens with zero attached hydrogens (tertiary/aromatic N) is 7. The highest BCUT2D eigenvalue weighted by Crippen LogP contribution is 2.47. The number of piperazine rings is 1. The largest absolute Gasteiger partial charge is 0.463 e. The number of ketones is 1. The van der Waals surface area contributed by atoms with Crippen LogP contribution in [0.2, 0.25) is 0 Å². The highest BCUT2D eigenvalue weighted by Gasteiger charge is 2.44. The number of hydrogen-bond acceptors (Lipinski definition) is 13. The molecular formula is C45H59FN10O6S2. The number of aromatic nitrogens is 3. The van der Waals surface area contributed by atoms with E-state index in [4.69, 9.17) is 4.74 Å². The number of ether oxygens (including phenoxy) is 1. The van der Waals surface area contributed by atoms with Gasteiger partial charge in [-0.1, -0.05) is 33.7 Å². The number of carbonyl (C=O) groups is 5. The van der Waals surface area contributed by atoms with Crippen LogP contribution in [-0.2, 0) is 25.7 Å². The third kappa shape index (κ3) is 14.7. The van der Waals surface area contributed by atoms with Gasteiger partial charge in [0.05, 0.1) is 12.3 Å². The second-order valence-corrected chi connectivity index (χ2v) is 20.2. The molecule has 16 nitrogen and oxygen atoms in total. The third-order valence-corrected chi connectivity index (χ3v) is 14.8. The maximum atomic E-state index is 15.0. The van der Waals surface area contributed by atoms with E-state index < -0.39 is 5.82 Å². The molecule has 1 aromatic carbocycles. The summed E-state index contributed by atoms with van der Waals surface area (Å²) in [6, 6.07) is 8.67. The highest BCUT2D eigenvalue weighted by atomic mass is 33.1. The predicted molar refractivity (Wildman–Crippen MR) is 246 cm³/mol. The maximum absolute atomic E-state index is 15.0. The number of pyridine rings is 1. The molecule has 2 aromatic heterocycles. The van der Waals surface area contributed by atoms with Crippen LogP contribution in [0.5, 0.6) is 6.01 Å². The fourth-order valence-electron chi connectivity index (χ4n) is 7.72. The summed E-state index contributed by atoms with van der Waals surface area (Å²) < 4.78 is 20.1. The zero-order chi connectivity index (χ0) is 45.6. The van der Waals surface area contributed by atoms with Gasteiger partial charge >= 0.3 is 12.0 Å². The lowest BCUT2D eigenvalue weighted by Gasteiger charge is -2.42. The molecule has 1 aliphatic carbocycles. The summed E-state index contributed by atoms with van der Waals surface area (Å²) >= 11 is 0. The third-order valence-electron chi connectivity index (χ3n) is 11.5. The Hall–Kier alpha value is -5.14. The molecule has 0 radical (unpaired) electrons. The van der Waals surface area contributed by atoms with Crippen molar-refractivity contribution < 1.29 is 33.1 Å². The number of hydrogen-bond donors (Lipinski definition) is 3. The van der Waals surface area contributed by atoms with Crippen LogP contribution >= 0.6 is 21.6 Å². The van der Waals surface area contributed by atoms with Crippen molar-refractivity contribution in [2.45, 2.75) is 95.9 Å². The smallest absolute Gasteiger partial charge is 0.317 e. The number of piperidine rings is 1. The molecule has 3 fully saturated rings. The van der Waals surface area contributed by atoms with Crippen LogP contribution < -0.4 is 20.8 Å². The predicted octanol–water partition coefficient (Wildman–Crippen LogP) is 5.80. The molecule has 3 aromatic rings. The van der Waals surface area contributed by atoms with Gasteiger partial charge in [-0.2, -0.15) is 5.10 Å². The minimum absolute atomic E-state index is 0.0416. The van der Waals surface area contributed by atoms with Crippen molar-refractivity contribution >= 4 is 62.5 Å². The van der Waals surface area contributed by atoms with Crippen molar-refractivity contribution in [2.75, 3.05) is 56.9 Å². The van der Waals surface area contributed by atoms with Crippen LogP contribution in [-0.4, -0.2) is 127 Å². The topological polar surface area (TPSA) is 191 Å². The molecule has 0 spiro atoms. The van der Waals surface area contributed by atoms with Crippen LogP contribution in [0.4, 0.5) is 14.9 Å². The Morgan fingerprint density at radius 2 is 1.70 bits per heavy atom. The van der Waals surface area contributed by atoms with Crippen molar-refractivity contribution in [1.82, 2.24) is 40.4 Å². The highest BCUT2D eigenvalue weighted by molar-refractivity contribution is 8.77. The normalized spacial score (nSPS) is 18.3. The van der Waals surface area contributed by atoms with Crippen LogP contribution in [0.1, 0.15) is 95.2 Å². The number of halogens is 1. The van der Waals surface area contributed by atoms with Gasteiger partial charge in [0, 0.05) is 129 Å². The monoisotopic (exact) mass is 918 g/mol. The number of hydrazone groups is 1. The number of amides is 5. The molecule has 6 rings (SSSR count). The van der Waals surface area contributed by atoms with E-state index in [1.54, 1.807) is 70.3 Å². The second kappa shape index (κ2) is 23.2. The first-order chi connectivity index (χ1) is 30.7. The number of Topliss-reactive ketones (excluding diaryl/α,β-unsaturated/α-hetero) is 1. The molecule has 2 atom stereocenters.